The first-order valence-corrected chi connectivity index (χ1v) is 10.2. The molecule has 2 aromatic rings. The van der Waals surface area contributed by atoms with Crippen molar-refractivity contribution in [2.45, 2.75) is 31.3 Å². The van der Waals surface area contributed by atoms with E-state index in [9.17, 15) is 18.8 Å². The molecule has 5 N–H and O–H groups in total. The van der Waals surface area contributed by atoms with Crippen molar-refractivity contribution in [3.8, 4) is 6.07 Å². The normalized spacial score (nSPS) is 16.8. The van der Waals surface area contributed by atoms with Gasteiger partial charge >= 0.3 is 0 Å². The predicted molar refractivity (Wildman–Crippen MR) is 118 cm³/mol. The number of hydrogen-bond donors (Lipinski definition) is 3. The van der Waals surface area contributed by atoms with E-state index in [2.05, 4.69) is 31.2 Å². The Hall–Kier alpha value is -3.91. The van der Waals surface area contributed by atoms with E-state index in [1.165, 1.54) is 24.7 Å². The second-order valence-electron chi connectivity index (χ2n) is 7.75. The molecule has 1 amide bonds. The molecular weight excluding hydrogens is 430 g/mol. The van der Waals surface area contributed by atoms with Gasteiger partial charge in [-0.05, 0) is 25.0 Å². The maximum Gasteiger partial charge on any atom is 0.253 e. The van der Waals surface area contributed by atoms with Crippen molar-refractivity contribution in [2.24, 2.45) is 16.5 Å². The SMILES string of the molecule is N#CCC1(N/C=C(/C(N)=O)C(N)=Nc2ccnc(F)c2)CCN(Cc2cccnc2F)CC1. The van der Waals surface area contributed by atoms with Gasteiger partial charge in [0.05, 0.1) is 29.3 Å². The first kappa shape index (κ1) is 23.7. The summed E-state index contributed by atoms with van der Waals surface area (Å²) in [5, 5.41) is 12.5. The number of primary amides is 1. The number of likely N-dealkylation sites (tertiary alicyclic amines) is 1. The molecule has 3 heterocycles. The van der Waals surface area contributed by atoms with E-state index in [0.29, 0.717) is 38.0 Å². The molecule has 0 unspecified atom stereocenters. The van der Waals surface area contributed by atoms with Crippen LogP contribution in [-0.4, -0.2) is 45.2 Å². The van der Waals surface area contributed by atoms with Crippen molar-refractivity contribution < 1.29 is 13.6 Å². The molecule has 11 heteroatoms. The van der Waals surface area contributed by atoms with Crippen LogP contribution in [0.5, 0.6) is 0 Å². The van der Waals surface area contributed by atoms with Crippen LogP contribution < -0.4 is 16.8 Å². The number of carbonyl (C=O) groups excluding carboxylic acids is 1. The molecule has 1 aliphatic heterocycles. The second-order valence-corrected chi connectivity index (χ2v) is 7.75. The van der Waals surface area contributed by atoms with Crippen LogP contribution in [0.25, 0.3) is 0 Å². The Labute approximate surface area is 189 Å². The maximum absolute atomic E-state index is 13.9. The number of amides is 1. The molecule has 0 radical (unpaired) electrons. The number of nitrogens with two attached hydrogens (primary N) is 2. The number of amidine groups is 1. The fourth-order valence-electron chi connectivity index (χ4n) is 3.60. The molecule has 0 bridgehead atoms. The Kier molecular flexibility index (Phi) is 7.63. The fourth-order valence-corrected chi connectivity index (χ4v) is 3.60. The lowest BCUT2D eigenvalue weighted by Gasteiger charge is -2.41. The molecule has 1 aliphatic rings. The quantitative estimate of drug-likeness (QED) is 0.238. The number of rotatable bonds is 8. The number of halogens is 2. The molecule has 3 rings (SSSR count). The van der Waals surface area contributed by atoms with Crippen LogP contribution in [0.1, 0.15) is 24.8 Å². The van der Waals surface area contributed by atoms with Gasteiger partial charge in [-0.25, -0.2) is 15.0 Å². The van der Waals surface area contributed by atoms with Gasteiger partial charge in [-0.1, -0.05) is 6.07 Å². The Bertz CT molecular complexity index is 1100. The second kappa shape index (κ2) is 10.6. The van der Waals surface area contributed by atoms with Crippen molar-refractivity contribution in [2.75, 3.05) is 13.1 Å². The minimum absolute atomic E-state index is 0.0932. The minimum Gasteiger partial charge on any atom is -0.384 e. The first-order chi connectivity index (χ1) is 15.8. The summed E-state index contributed by atoms with van der Waals surface area (Å²) in [6.07, 6.45) is 5.29. The van der Waals surface area contributed by atoms with Crippen molar-refractivity contribution >= 4 is 17.4 Å². The average Bonchev–Trinajstić information content (AvgIpc) is 2.77. The van der Waals surface area contributed by atoms with E-state index in [-0.39, 0.29) is 23.5 Å². The highest BCUT2D eigenvalue weighted by Gasteiger charge is 2.34. The zero-order valence-corrected chi connectivity index (χ0v) is 17.8. The topological polar surface area (TPSA) is 146 Å². The third-order valence-electron chi connectivity index (χ3n) is 5.48. The molecule has 0 aromatic carbocycles. The molecule has 0 spiro atoms. The highest BCUT2D eigenvalue weighted by atomic mass is 19.1. The van der Waals surface area contributed by atoms with Gasteiger partial charge in [-0.3, -0.25) is 9.69 Å². The molecule has 0 aliphatic carbocycles. The number of pyridine rings is 2. The number of nitrogens with zero attached hydrogens (tertiary/aromatic N) is 5. The highest BCUT2D eigenvalue weighted by molar-refractivity contribution is 6.20. The van der Waals surface area contributed by atoms with Crippen LogP contribution in [-0.2, 0) is 11.3 Å². The summed E-state index contributed by atoms with van der Waals surface area (Å²) < 4.78 is 27.2. The number of nitrogens with one attached hydrogen (secondary N) is 1. The van der Waals surface area contributed by atoms with Crippen LogP contribution in [0.3, 0.4) is 0 Å². The van der Waals surface area contributed by atoms with Gasteiger partial charge < -0.3 is 16.8 Å². The molecule has 2 aromatic heterocycles. The average molecular weight is 454 g/mol. The Morgan fingerprint density at radius 3 is 2.67 bits per heavy atom. The van der Waals surface area contributed by atoms with Gasteiger partial charge in [0.1, 0.15) is 5.84 Å². The molecule has 1 fully saturated rings. The van der Waals surface area contributed by atoms with Crippen molar-refractivity contribution in [3.63, 3.8) is 0 Å². The maximum atomic E-state index is 13.9. The lowest BCUT2D eigenvalue weighted by Crippen LogP contribution is -2.51. The highest BCUT2D eigenvalue weighted by Crippen LogP contribution is 2.27. The van der Waals surface area contributed by atoms with E-state index >= 15 is 0 Å². The number of piperidine rings is 1. The lowest BCUT2D eigenvalue weighted by molar-refractivity contribution is -0.114. The molecule has 0 atom stereocenters. The van der Waals surface area contributed by atoms with Gasteiger partial charge in [-0.15, -0.1) is 0 Å². The summed E-state index contributed by atoms with van der Waals surface area (Å²) in [6, 6.07) is 8.05. The molecular formula is C22H24F2N8O. The number of hydrogen-bond acceptors (Lipinski definition) is 7. The standard InChI is InChI=1S/C22H24F2N8O/c23-18-12-16(3-9-28-18)31-20(26)17(21(27)33)13-30-22(4-7-25)5-10-32(11-6-22)14-15-2-1-8-29-19(15)24/h1-3,8-9,12-13,30H,4-6,10-11,14H2,(H2,27,33)(H2,26,28,31)/b17-13+. The number of nitriles is 1. The summed E-state index contributed by atoms with van der Waals surface area (Å²) >= 11 is 0. The lowest BCUT2D eigenvalue weighted by atomic mass is 9.84. The van der Waals surface area contributed by atoms with E-state index < -0.39 is 23.3 Å². The number of aromatic nitrogens is 2. The fraction of sp³-hybridized carbons (Fsp3) is 0.318. The zero-order valence-electron chi connectivity index (χ0n) is 17.8. The predicted octanol–water partition coefficient (Wildman–Crippen LogP) is 1.65. The van der Waals surface area contributed by atoms with Crippen LogP contribution in [0, 0.1) is 23.2 Å². The van der Waals surface area contributed by atoms with Gasteiger partial charge in [0.15, 0.2) is 0 Å². The van der Waals surface area contributed by atoms with E-state index in [4.69, 9.17) is 11.5 Å². The Morgan fingerprint density at radius 1 is 1.27 bits per heavy atom. The third-order valence-corrected chi connectivity index (χ3v) is 5.48. The smallest absolute Gasteiger partial charge is 0.253 e. The number of aliphatic imine (C=N–C) groups is 1. The Morgan fingerprint density at radius 2 is 2.03 bits per heavy atom. The summed E-state index contributed by atoms with van der Waals surface area (Å²) in [6.45, 7) is 1.61. The van der Waals surface area contributed by atoms with E-state index in [1.54, 1.807) is 12.1 Å². The number of carbonyl (C=O) groups is 1. The largest absolute Gasteiger partial charge is 0.384 e. The molecule has 0 saturated carbocycles. The summed E-state index contributed by atoms with van der Waals surface area (Å²) in [5.74, 6) is -2.26. The van der Waals surface area contributed by atoms with Gasteiger partial charge in [0.2, 0.25) is 11.9 Å². The summed E-state index contributed by atoms with van der Waals surface area (Å²) in [5.41, 5.74) is 11.4. The van der Waals surface area contributed by atoms with Crippen LogP contribution in [0.2, 0.25) is 0 Å². The van der Waals surface area contributed by atoms with Gasteiger partial charge in [0, 0.05) is 49.9 Å². The first-order valence-electron chi connectivity index (χ1n) is 10.2. The molecule has 1 saturated heterocycles. The monoisotopic (exact) mass is 454 g/mol. The van der Waals surface area contributed by atoms with E-state index in [0.717, 1.165) is 6.07 Å². The van der Waals surface area contributed by atoms with Crippen molar-refractivity contribution in [1.29, 1.82) is 5.26 Å². The molecule has 172 valence electrons. The molecule has 33 heavy (non-hydrogen) atoms. The molecule has 9 nitrogen and oxygen atoms in total. The van der Waals surface area contributed by atoms with Gasteiger partial charge in [0.25, 0.3) is 5.91 Å². The third kappa shape index (κ3) is 6.30. The van der Waals surface area contributed by atoms with Crippen LogP contribution in [0.4, 0.5) is 14.5 Å². The summed E-state index contributed by atoms with van der Waals surface area (Å²) in [4.78, 5) is 25.2. The summed E-state index contributed by atoms with van der Waals surface area (Å²) in [7, 11) is 0. The van der Waals surface area contributed by atoms with Crippen molar-refractivity contribution in [3.05, 3.63) is 65.9 Å². The van der Waals surface area contributed by atoms with Crippen molar-refractivity contribution in [1.82, 2.24) is 20.2 Å². The minimum atomic E-state index is -0.824. The van der Waals surface area contributed by atoms with Crippen LogP contribution >= 0.6 is 0 Å². The van der Waals surface area contributed by atoms with Gasteiger partial charge in [-0.2, -0.15) is 14.0 Å². The van der Waals surface area contributed by atoms with Crippen LogP contribution in [0.15, 0.2) is 53.4 Å². The van der Waals surface area contributed by atoms with E-state index in [1.807, 2.05) is 0 Å². The Balaban J connectivity index is 1.73. The zero-order chi connectivity index (χ0) is 23.8.